The van der Waals surface area contributed by atoms with E-state index in [1.807, 2.05) is 11.6 Å². The van der Waals surface area contributed by atoms with Crippen molar-refractivity contribution < 1.29 is 0 Å². The van der Waals surface area contributed by atoms with Gasteiger partial charge in [0.05, 0.1) is 11.4 Å². The number of hydrogen-bond acceptors (Lipinski definition) is 5. The van der Waals surface area contributed by atoms with Gasteiger partial charge in [-0.1, -0.05) is 6.42 Å². The van der Waals surface area contributed by atoms with Gasteiger partial charge in [-0.3, -0.25) is 4.68 Å². The van der Waals surface area contributed by atoms with Crippen LogP contribution in [-0.4, -0.2) is 24.5 Å². The van der Waals surface area contributed by atoms with E-state index in [1.54, 1.807) is 11.8 Å². The summed E-state index contributed by atoms with van der Waals surface area (Å²) in [5, 5.41) is 15.1. The molecule has 0 amide bonds. The third kappa shape index (κ3) is 2.66. The van der Waals surface area contributed by atoms with Crippen molar-refractivity contribution in [1.29, 1.82) is 0 Å². The average Bonchev–Trinajstić information content (AvgIpc) is 2.85. The minimum Gasteiger partial charge on any atom is -0.395 e. The van der Waals surface area contributed by atoms with Gasteiger partial charge in [-0.15, -0.1) is 10.2 Å². The number of hydrogen-bond donors (Lipinski definition) is 1. The Hall–Kier alpha value is -1.50. The zero-order chi connectivity index (χ0) is 15.0. The second-order valence-electron chi connectivity index (χ2n) is 5.81. The second-order valence-corrected chi connectivity index (χ2v) is 6.76. The molecular weight excluding hydrogens is 284 g/mol. The molecule has 0 fully saturated rings. The molecule has 0 atom stereocenters. The predicted molar refractivity (Wildman–Crippen MR) is 83.5 cm³/mol. The lowest BCUT2D eigenvalue weighted by Gasteiger charge is -2.11. The number of aryl methyl sites for hydroxylation is 2. The number of nitrogens with two attached hydrogens (primary N) is 1. The highest BCUT2D eigenvalue weighted by Gasteiger charge is 2.21. The second kappa shape index (κ2) is 5.71. The van der Waals surface area contributed by atoms with E-state index in [2.05, 4.69) is 33.7 Å². The quantitative estimate of drug-likeness (QED) is 0.943. The number of fused-ring (bicyclic) bond motifs is 1. The van der Waals surface area contributed by atoms with Crippen molar-refractivity contribution in [3.8, 4) is 0 Å². The average molecular weight is 306 g/mol. The van der Waals surface area contributed by atoms with E-state index in [-0.39, 0.29) is 6.04 Å². The first-order chi connectivity index (χ1) is 10.1. The molecule has 3 heterocycles. The van der Waals surface area contributed by atoms with E-state index in [0.717, 1.165) is 40.4 Å². The molecule has 1 aliphatic rings. The van der Waals surface area contributed by atoms with Crippen molar-refractivity contribution in [2.45, 2.75) is 69.2 Å². The van der Waals surface area contributed by atoms with Gasteiger partial charge in [0.25, 0.3) is 0 Å². The van der Waals surface area contributed by atoms with Crippen LogP contribution in [-0.2, 0) is 13.0 Å². The van der Waals surface area contributed by atoms with E-state index >= 15 is 0 Å². The normalized spacial score (nSPS) is 15.2. The summed E-state index contributed by atoms with van der Waals surface area (Å²) in [5.41, 5.74) is 7.83. The summed E-state index contributed by atoms with van der Waals surface area (Å²) in [6, 6.07) is 0.273. The maximum atomic E-state index is 6.20. The zero-order valence-corrected chi connectivity index (χ0v) is 13.7. The lowest BCUT2D eigenvalue weighted by molar-refractivity contribution is 0.490. The van der Waals surface area contributed by atoms with Gasteiger partial charge in [-0.25, -0.2) is 0 Å². The van der Waals surface area contributed by atoms with Crippen LogP contribution in [0.15, 0.2) is 10.2 Å². The lowest BCUT2D eigenvalue weighted by Crippen LogP contribution is -2.07. The van der Waals surface area contributed by atoms with Crippen LogP contribution in [0.1, 0.15) is 50.7 Å². The maximum Gasteiger partial charge on any atom is 0.197 e. The molecule has 0 saturated carbocycles. The molecule has 6 nitrogen and oxygen atoms in total. The Balaban J connectivity index is 1.96. The van der Waals surface area contributed by atoms with Crippen LogP contribution in [0.25, 0.3) is 0 Å². The zero-order valence-electron chi connectivity index (χ0n) is 12.8. The molecule has 2 aromatic heterocycles. The van der Waals surface area contributed by atoms with E-state index in [0.29, 0.717) is 0 Å². The van der Waals surface area contributed by atoms with Gasteiger partial charge in [0, 0.05) is 19.0 Å². The Bertz CT molecular complexity index is 642. The van der Waals surface area contributed by atoms with Crippen LogP contribution in [0.5, 0.6) is 0 Å². The standard InChI is InChI=1S/C14H22N6S/c1-9(2)20-13(12(15)10(3)18-20)21-14-17-16-11-7-5-4-6-8-19(11)14/h9H,4-8,15H2,1-3H3. The number of rotatable bonds is 3. The predicted octanol–water partition coefficient (Wildman–Crippen LogP) is 2.82. The minimum absolute atomic E-state index is 0.273. The molecule has 0 aliphatic carbocycles. The third-order valence-electron chi connectivity index (χ3n) is 3.84. The van der Waals surface area contributed by atoms with Crippen LogP contribution in [0.3, 0.4) is 0 Å². The number of nitrogens with zero attached hydrogens (tertiary/aromatic N) is 5. The Morgan fingerprint density at radius 2 is 2.00 bits per heavy atom. The van der Waals surface area contributed by atoms with Crippen LogP contribution < -0.4 is 5.73 Å². The van der Waals surface area contributed by atoms with Gasteiger partial charge in [0.1, 0.15) is 10.9 Å². The smallest absolute Gasteiger partial charge is 0.197 e. The molecule has 1 aliphatic heterocycles. The molecule has 0 spiro atoms. The number of anilines is 1. The van der Waals surface area contributed by atoms with Gasteiger partial charge in [0.15, 0.2) is 5.16 Å². The Morgan fingerprint density at radius 3 is 2.76 bits per heavy atom. The molecule has 3 rings (SSSR count). The Kier molecular flexibility index (Phi) is 3.93. The summed E-state index contributed by atoms with van der Waals surface area (Å²) in [7, 11) is 0. The SMILES string of the molecule is Cc1nn(C(C)C)c(Sc2nnc3n2CCCCC3)c1N. The molecular formula is C14H22N6S. The van der Waals surface area contributed by atoms with Crippen LogP contribution in [0.4, 0.5) is 5.69 Å². The summed E-state index contributed by atoms with van der Waals surface area (Å²) in [6.07, 6.45) is 4.68. The summed E-state index contributed by atoms with van der Waals surface area (Å²) < 4.78 is 4.22. The fraction of sp³-hybridized carbons (Fsp3) is 0.643. The van der Waals surface area contributed by atoms with E-state index in [4.69, 9.17) is 5.73 Å². The van der Waals surface area contributed by atoms with E-state index in [9.17, 15) is 0 Å². The number of nitrogen functional groups attached to an aromatic ring is 1. The van der Waals surface area contributed by atoms with Gasteiger partial charge in [0.2, 0.25) is 0 Å². The molecule has 0 bridgehead atoms. The fourth-order valence-corrected chi connectivity index (χ4v) is 3.78. The van der Waals surface area contributed by atoms with Crippen molar-refractivity contribution in [1.82, 2.24) is 24.5 Å². The molecule has 2 aromatic rings. The third-order valence-corrected chi connectivity index (χ3v) is 4.92. The monoisotopic (exact) mass is 306 g/mol. The first kappa shape index (κ1) is 14.4. The molecule has 0 radical (unpaired) electrons. The van der Waals surface area contributed by atoms with E-state index in [1.165, 1.54) is 19.3 Å². The number of aromatic nitrogens is 5. The molecule has 2 N–H and O–H groups in total. The Morgan fingerprint density at radius 1 is 1.19 bits per heavy atom. The molecule has 21 heavy (non-hydrogen) atoms. The summed E-state index contributed by atoms with van der Waals surface area (Å²) in [6.45, 7) is 7.17. The topological polar surface area (TPSA) is 74.5 Å². The summed E-state index contributed by atoms with van der Waals surface area (Å²) >= 11 is 1.59. The first-order valence-corrected chi connectivity index (χ1v) is 8.34. The van der Waals surface area contributed by atoms with Crippen molar-refractivity contribution in [3.63, 3.8) is 0 Å². The highest BCUT2D eigenvalue weighted by Crippen LogP contribution is 2.35. The van der Waals surface area contributed by atoms with Crippen molar-refractivity contribution >= 4 is 17.4 Å². The maximum absolute atomic E-state index is 6.20. The van der Waals surface area contributed by atoms with Crippen molar-refractivity contribution in [2.75, 3.05) is 5.73 Å². The fourth-order valence-electron chi connectivity index (χ4n) is 2.61. The van der Waals surface area contributed by atoms with Crippen molar-refractivity contribution in [3.05, 3.63) is 11.5 Å². The highest BCUT2D eigenvalue weighted by atomic mass is 32.2. The van der Waals surface area contributed by atoms with Gasteiger partial charge < -0.3 is 10.3 Å². The Labute approximate surface area is 129 Å². The minimum atomic E-state index is 0.273. The molecule has 0 saturated heterocycles. The van der Waals surface area contributed by atoms with Crippen LogP contribution in [0, 0.1) is 6.92 Å². The summed E-state index contributed by atoms with van der Waals surface area (Å²) in [5.74, 6) is 1.10. The van der Waals surface area contributed by atoms with E-state index < -0.39 is 0 Å². The van der Waals surface area contributed by atoms with Gasteiger partial charge in [-0.2, -0.15) is 5.10 Å². The first-order valence-electron chi connectivity index (χ1n) is 7.52. The lowest BCUT2D eigenvalue weighted by atomic mass is 10.2. The molecule has 114 valence electrons. The van der Waals surface area contributed by atoms with Crippen LogP contribution >= 0.6 is 11.8 Å². The molecule has 0 unspecified atom stereocenters. The van der Waals surface area contributed by atoms with Crippen LogP contribution in [0.2, 0.25) is 0 Å². The highest BCUT2D eigenvalue weighted by molar-refractivity contribution is 7.99. The van der Waals surface area contributed by atoms with Crippen molar-refractivity contribution in [2.24, 2.45) is 0 Å². The summed E-state index contributed by atoms with van der Waals surface area (Å²) in [4.78, 5) is 0. The van der Waals surface area contributed by atoms with Gasteiger partial charge in [-0.05, 0) is 45.4 Å². The molecule has 7 heteroatoms. The van der Waals surface area contributed by atoms with Gasteiger partial charge >= 0.3 is 0 Å². The molecule has 0 aromatic carbocycles. The largest absolute Gasteiger partial charge is 0.395 e.